The molecule has 0 fully saturated rings. The maximum Gasteiger partial charge on any atom is 0.354 e. The predicted molar refractivity (Wildman–Crippen MR) is 190 cm³/mol. The summed E-state index contributed by atoms with van der Waals surface area (Å²) >= 11 is 15.2. The number of carbonyl (C=O) groups excluding carboxylic acids is 1. The smallest absolute Gasteiger partial charge is 0.354 e. The summed E-state index contributed by atoms with van der Waals surface area (Å²) in [7, 11) is 3.42. The highest BCUT2D eigenvalue weighted by molar-refractivity contribution is 7.97. The number of H-pyrrole nitrogens is 1. The number of nitrogens with one attached hydrogen (secondary N) is 1. The SMILES string of the molecule is COC(=O)c1c(C)c2c3c(Cl)ccc2n1CCCOc1cc(cc2cc(Cl)ccc12)CCc1cc(nn1C)CSCc1n[nH]c(C)c1-3. The minimum Gasteiger partial charge on any atom is -0.493 e. The molecule has 6 aromatic rings. The Morgan fingerprint density at radius 2 is 1.89 bits per heavy atom. The third kappa shape index (κ3) is 5.90. The fourth-order valence-electron chi connectivity index (χ4n) is 6.80. The number of hydrogen-bond donors (Lipinski definition) is 1. The van der Waals surface area contributed by atoms with Gasteiger partial charge in [-0.25, -0.2) is 4.79 Å². The number of fused-ring (bicyclic) bond motifs is 8. The molecule has 4 heterocycles. The predicted octanol–water partition coefficient (Wildman–Crippen LogP) is 8.63. The lowest BCUT2D eigenvalue weighted by Gasteiger charge is -2.14. The molecular weight excluding hydrogens is 653 g/mol. The number of aromatic nitrogens is 5. The van der Waals surface area contributed by atoms with Gasteiger partial charge in [0.1, 0.15) is 11.4 Å². The summed E-state index contributed by atoms with van der Waals surface area (Å²) in [4.78, 5) is 13.3. The van der Waals surface area contributed by atoms with Crippen LogP contribution >= 0.6 is 35.0 Å². The van der Waals surface area contributed by atoms with Crippen molar-refractivity contribution in [1.82, 2.24) is 24.5 Å². The monoisotopic (exact) mass is 687 g/mol. The lowest BCUT2D eigenvalue weighted by atomic mass is 9.97. The minimum atomic E-state index is -0.388. The van der Waals surface area contributed by atoms with Crippen molar-refractivity contribution in [2.45, 2.75) is 51.2 Å². The first-order valence-corrected chi connectivity index (χ1v) is 17.5. The average molecular weight is 689 g/mol. The quantitative estimate of drug-likeness (QED) is 0.174. The fourth-order valence-corrected chi connectivity index (χ4v) is 8.09. The van der Waals surface area contributed by atoms with E-state index >= 15 is 0 Å². The first-order chi connectivity index (χ1) is 22.7. The first kappa shape index (κ1) is 31.7. The molecule has 1 aliphatic rings. The second kappa shape index (κ2) is 12.9. The number of nitrogens with zero attached hydrogens (tertiary/aromatic N) is 4. The number of esters is 1. The van der Waals surface area contributed by atoms with Crippen molar-refractivity contribution in [3.8, 4) is 16.9 Å². The normalized spacial score (nSPS) is 14.2. The molecule has 3 aromatic carbocycles. The highest BCUT2D eigenvalue weighted by atomic mass is 35.5. The van der Waals surface area contributed by atoms with Gasteiger partial charge >= 0.3 is 5.97 Å². The largest absolute Gasteiger partial charge is 0.493 e. The van der Waals surface area contributed by atoms with E-state index in [1.807, 2.05) is 60.5 Å². The summed E-state index contributed by atoms with van der Waals surface area (Å²) in [5.41, 5.74) is 9.29. The Morgan fingerprint density at radius 3 is 2.72 bits per heavy atom. The standard InChI is InChI=1S/C36H35Cl2N5O3S/c1-20-32-30-11-10-28(38)34(32)33-21(2)39-40-29(33)19-47-18-25-17-26(42(3)41-25)8-6-22-14-23-16-24(37)7-9-27(23)31(15-22)46-13-5-12-43(30)35(20)36(44)45-4/h7,9-11,14-17H,5-6,8,12-13,18-19H2,1-4H3,(H,39,40). The number of benzene rings is 3. The van der Waals surface area contributed by atoms with E-state index in [0.717, 1.165) is 79.8 Å². The lowest BCUT2D eigenvalue weighted by Crippen LogP contribution is -2.13. The van der Waals surface area contributed by atoms with Crippen molar-refractivity contribution >= 4 is 62.6 Å². The number of rotatable bonds is 1. The average Bonchev–Trinajstić information content (AvgIpc) is 3.69. The van der Waals surface area contributed by atoms with Gasteiger partial charge in [-0.15, -0.1) is 11.8 Å². The summed E-state index contributed by atoms with van der Waals surface area (Å²) in [6, 6.07) is 16.3. The molecule has 0 spiro atoms. The van der Waals surface area contributed by atoms with Gasteiger partial charge in [0.2, 0.25) is 0 Å². The van der Waals surface area contributed by atoms with Crippen LogP contribution in [-0.2, 0) is 42.7 Å². The van der Waals surface area contributed by atoms with Gasteiger partial charge in [0.05, 0.1) is 25.1 Å². The number of aryl methyl sites for hydroxylation is 6. The Hall–Kier alpha value is -3.92. The van der Waals surface area contributed by atoms with Gasteiger partial charge in [-0.2, -0.15) is 10.2 Å². The van der Waals surface area contributed by atoms with Crippen LogP contribution in [0.1, 0.15) is 50.8 Å². The molecule has 0 saturated heterocycles. The summed E-state index contributed by atoms with van der Waals surface area (Å²) in [6.45, 7) is 4.98. The van der Waals surface area contributed by atoms with Crippen molar-refractivity contribution < 1.29 is 14.3 Å². The van der Waals surface area contributed by atoms with Crippen LogP contribution in [-0.4, -0.2) is 44.2 Å². The van der Waals surface area contributed by atoms with Gasteiger partial charge in [-0.05, 0) is 92.1 Å². The van der Waals surface area contributed by atoms with Crippen LogP contribution in [0.15, 0.2) is 48.5 Å². The van der Waals surface area contributed by atoms with Crippen LogP contribution in [0.4, 0.5) is 0 Å². The van der Waals surface area contributed by atoms with Crippen LogP contribution in [0.2, 0.25) is 10.0 Å². The van der Waals surface area contributed by atoms with Gasteiger partial charge < -0.3 is 14.0 Å². The number of hydrogen-bond acceptors (Lipinski definition) is 6. The van der Waals surface area contributed by atoms with E-state index in [-0.39, 0.29) is 5.97 Å². The van der Waals surface area contributed by atoms with Crippen LogP contribution in [0.3, 0.4) is 0 Å². The Bertz CT molecular complexity index is 2170. The first-order valence-electron chi connectivity index (χ1n) is 15.6. The van der Waals surface area contributed by atoms with Gasteiger partial charge in [0, 0.05) is 73.9 Å². The van der Waals surface area contributed by atoms with Crippen LogP contribution in [0.25, 0.3) is 32.8 Å². The topological polar surface area (TPSA) is 87.0 Å². The van der Waals surface area contributed by atoms with E-state index in [2.05, 4.69) is 23.3 Å². The molecule has 11 heteroatoms. The Morgan fingerprint density at radius 1 is 1.04 bits per heavy atom. The van der Waals surface area contributed by atoms with E-state index in [0.29, 0.717) is 41.1 Å². The van der Waals surface area contributed by atoms with Crippen molar-refractivity contribution in [2.24, 2.45) is 7.05 Å². The summed E-state index contributed by atoms with van der Waals surface area (Å²) < 4.78 is 15.8. The van der Waals surface area contributed by atoms with Gasteiger partial charge in [-0.1, -0.05) is 29.3 Å². The third-order valence-corrected chi connectivity index (χ3v) is 10.5. The molecule has 0 unspecified atom stereocenters. The lowest BCUT2D eigenvalue weighted by molar-refractivity contribution is 0.0587. The molecular formula is C36H35Cl2N5O3S. The molecule has 0 aliphatic carbocycles. The molecule has 0 amide bonds. The van der Waals surface area contributed by atoms with Crippen LogP contribution < -0.4 is 4.74 Å². The minimum absolute atomic E-state index is 0.388. The van der Waals surface area contributed by atoms with E-state index in [1.165, 1.54) is 18.4 Å². The molecule has 242 valence electrons. The number of methoxy groups -OCH3 is 1. The number of aromatic amines is 1. The maximum atomic E-state index is 13.3. The molecule has 8 bridgehead atoms. The highest BCUT2D eigenvalue weighted by Crippen LogP contribution is 2.43. The molecule has 1 aliphatic heterocycles. The number of halogens is 2. The highest BCUT2D eigenvalue weighted by Gasteiger charge is 2.27. The Labute approximate surface area is 287 Å². The molecule has 8 nitrogen and oxygen atoms in total. The molecule has 0 radical (unpaired) electrons. The fraction of sp³-hybridized carbons (Fsp3) is 0.306. The Balaban J connectivity index is 1.35. The van der Waals surface area contributed by atoms with Crippen molar-refractivity contribution in [3.05, 3.63) is 98.2 Å². The summed E-state index contributed by atoms with van der Waals surface area (Å²) in [5, 5.41) is 17.0. The zero-order chi connectivity index (χ0) is 32.8. The van der Waals surface area contributed by atoms with Crippen molar-refractivity contribution in [1.29, 1.82) is 0 Å². The van der Waals surface area contributed by atoms with E-state index in [1.54, 1.807) is 11.8 Å². The summed E-state index contributed by atoms with van der Waals surface area (Å²) in [6.07, 6.45) is 2.34. The van der Waals surface area contributed by atoms with Crippen molar-refractivity contribution in [3.63, 3.8) is 0 Å². The number of thioether (sulfide) groups is 1. The van der Waals surface area contributed by atoms with Gasteiger partial charge in [0.25, 0.3) is 0 Å². The maximum absolute atomic E-state index is 13.3. The molecule has 3 aromatic heterocycles. The van der Waals surface area contributed by atoms with Crippen molar-refractivity contribution in [2.75, 3.05) is 13.7 Å². The van der Waals surface area contributed by atoms with Crippen LogP contribution in [0.5, 0.6) is 5.75 Å². The second-order valence-electron chi connectivity index (χ2n) is 12.0. The third-order valence-electron chi connectivity index (χ3n) is 8.98. The summed E-state index contributed by atoms with van der Waals surface area (Å²) in [5.74, 6) is 1.84. The van der Waals surface area contributed by atoms with Crippen LogP contribution in [0, 0.1) is 13.8 Å². The van der Waals surface area contributed by atoms with E-state index in [4.69, 9.17) is 42.9 Å². The molecule has 0 atom stereocenters. The zero-order valence-electron chi connectivity index (χ0n) is 26.7. The zero-order valence-corrected chi connectivity index (χ0v) is 29.1. The van der Waals surface area contributed by atoms with E-state index < -0.39 is 0 Å². The molecule has 47 heavy (non-hydrogen) atoms. The van der Waals surface area contributed by atoms with Gasteiger partial charge in [0.15, 0.2) is 0 Å². The Kier molecular flexibility index (Phi) is 8.72. The molecule has 0 saturated carbocycles. The second-order valence-corrected chi connectivity index (χ2v) is 13.8. The van der Waals surface area contributed by atoms with E-state index in [9.17, 15) is 4.79 Å². The van der Waals surface area contributed by atoms with Gasteiger partial charge in [-0.3, -0.25) is 9.78 Å². The molecule has 1 N–H and O–H groups in total. The molecule has 7 rings (SSSR count). The number of carbonyl (C=O) groups is 1. The number of ether oxygens (including phenoxy) is 2.